The number of hydrogen-bond acceptors (Lipinski definition) is 3. The molecule has 3 heteroatoms. The van der Waals surface area contributed by atoms with Crippen molar-refractivity contribution in [2.45, 2.75) is 6.92 Å². The average molecular weight is 343 g/mol. The van der Waals surface area contributed by atoms with Gasteiger partial charge in [0.15, 0.2) is 0 Å². The second kappa shape index (κ2) is 7.87. The third-order valence-electron chi connectivity index (χ3n) is 4.37. The zero-order valence-electron chi connectivity index (χ0n) is 15.6. The van der Waals surface area contributed by atoms with Crippen molar-refractivity contribution >= 4 is 22.7 Å². The van der Waals surface area contributed by atoms with Gasteiger partial charge in [-0.2, -0.15) is 0 Å². The highest BCUT2D eigenvalue weighted by Gasteiger charge is 2.11. The molecule has 3 rings (SSSR count). The lowest BCUT2D eigenvalue weighted by Gasteiger charge is -2.17. The van der Waals surface area contributed by atoms with Crippen LogP contribution in [0.25, 0.3) is 5.57 Å². The van der Waals surface area contributed by atoms with E-state index < -0.39 is 0 Å². The number of benzene rings is 2. The average Bonchev–Trinajstić information content (AvgIpc) is 2.65. The summed E-state index contributed by atoms with van der Waals surface area (Å²) in [6.07, 6.45) is 8.43. The van der Waals surface area contributed by atoms with Crippen LogP contribution in [0.15, 0.2) is 83.4 Å². The van der Waals surface area contributed by atoms with E-state index in [1.54, 1.807) is 0 Å². The minimum atomic E-state index is 0.771. The Bertz CT molecular complexity index is 862. The highest BCUT2D eigenvalue weighted by Crippen LogP contribution is 2.31. The number of allylic oxidation sites excluding steroid dienone is 5. The first-order valence-corrected chi connectivity index (χ1v) is 8.87. The number of nitrogens with two attached hydrogens (primary N) is 1. The minimum absolute atomic E-state index is 0.771. The molecule has 0 spiro atoms. The van der Waals surface area contributed by atoms with Gasteiger partial charge in [-0.3, -0.25) is 4.99 Å². The van der Waals surface area contributed by atoms with E-state index in [2.05, 4.69) is 84.7 Å². The SMILES string of the molecule is CCN=C1C=CC(=C(c2ccc(N)cc2)c2ccc(N(C)C)cc2)C=C1. The van der Waals surface area contributed by atoms with Gasteiger partial charge in [0.25, 0.3) is 0 Å². The van der Waals surface area contributed by atoms with Crippen LogP contribution in [-0.4, -0.2) is 26.4 Å². The Morgan fingerprint density at radius 2 is 1.38 bits per heavy atom. The summed E-state index contributed by atoms with van der Waals surface area (Å²) >= 11 is 0. The number of hydrogen-bond donors (Lipinski definition) is 1. The van der Waals surface area contributed by atoms with Crippen LogP contribution in [0, 0.1) is 0 Å². The lowest BCUT2D eigenvalue weighted by Crippen LogP contribution is -2.08. The second-order valence-electron chi connectivity index (χ2n) is 6.46. The molecule has 26 heavy (non-hydrogen) atoms. The fourth-order valence-electron chi connectivity index (χ4n) is 2.99. The Hall–Kier alpha value is -3.07. The molecular weight excluding hydrogens is 318 g/mol. The molecule has 0 saturated heterocycles. The number of nitrogens with zero attached hydrogens (tertiary/aromatic N) is 2. The highest BCUT2D eigenvalue weighted by molar-refractivity contribution is 6.07. The standard InChI is InChI=1S/C23H25N3/c1-4-25-21-13-7-18(8-14-21)23(17-5-11-20(24)12-6-17)19-9-15-22(16-10-19)26(2)3/h5-16H,4,24H2,1-3H3. The molecule has 132 valence electrons. The van der Waals surface area contributed by atoms with Crippen LogP contribution in [0.3, 0.4) is 0 Å². The van der Waals surface area contributed by atoms with Crippen LogP contribution >= 0.6 is 0 Å². The number of rotatable bonds is 4. The maximum atomic E-state index is 5.88. The van der Waals surface area contributed by atoms with Crippen molar-refractivity contribution in [2.24, 2.45) is 4.99 Å². The van der Waals surface area contributed by atoms with Crippen LogP contribution in [0.4, 0.5) is 11.4 Å². The number of anilines is 2. The third kappa shape index (κ3) is 3.94. The normalized spacial score (nSPS) is 13.0. The van der Waals surface area contributed by atoms with Gasteiger partial charge in [-0.25, -0.2) is 0 Å². The van der Waals surface area contributed by atoms with E-state index in [0.29, 0.717) is 0 Å². The van der Waals surface area contributed by atoms with Crippen LogP contribution in [0.1, 0.15) is 18.1 Å². The van der Waals surface area contributed by atoms with E-state index >= 15 is 0 Å². The van der Waals surface area contributed by atoms with Crippen molar-refractivity contribution in [3.63, 3.8) is 0 Å². The molecule has 2 aromatic rings. The van der Waals surface area contributed by atoms with E-state index in [4.69, 9.17) is 5.73 Å². The van der Waals surface area contributed by atoms with Crippen LogP contribution in [0.2, 0.25) is 0 Å². The largest absolute Gasteiger partial charge is 0.399 e. The molecule has 0 amide bonds. The van der Waals surface area contributed by atoms with Gasteiger partial charge in [-0.05, 0) is 65.6 Å². The van der Waals surface area contributed by atoms with Gasteiger partial charge in [0.2, 0.25) is 0 Å². The van der Waals surface area contributed by atoms with Crippen molar-refractivity contribution in [1.29, 1.82) is 0 Å². The number of aliphatic imine (C=N–C) groups is 1. The molecule has 0 heterocycles. The molecule has 0 unspecified atom stereocenters. The molecule has 0 bridgehead atoms. The summed E-state index contributed by atoms with van der Waals surface area (Å²) in [5.74, 6) is 0. The zero-order chi connectivity index (χ0) is 18.5. The molecular formula is C23H25N3. The third-order valence-corrected chi connectivity index (χ3v) is 4.37. The summed E-state index contributed by atoms with van der Waals surface area (Å²) in [5, 5.41) is 0. The summed E-state index contributed by atoms with van der Waals surface area (Å²) in [6, 6.07) is 16.7. The van der Waals surface area contributed by atoms with Gasteiger partial charge in [-0.15, -0.1) is 0 Å². The van der Waals surface area contributed by atoms with Gasteiger partial charge in [0.1, 0.15) is 0 Å². The quantitative estimate of drug-likeness (QED) is 0.816. The fraction of sp³-hybridized carbons (Fsp3) is 0.174. The maximum absolute atomic E-state index is 5.88. The lowest BCUT2D eigenvalue weighted by atomic mass is 9.90. The van der Waals surface area contributed by atoms with Crippen molar-refractivity contribution in [2.75, 3.05) is 31.3 Å². The molecule has 0 fully saturated rings. The summed E-state index contributed by atoms with van der Waals surface area (Å²) in [7, 11) is 4.10. The maximum Gasteiger partial charge on any atom is 0.0574 e. The highest BCUT2D eigenvalue weighted by atomic mass is 15.1. The molecule has 1 aliphatic rings. The Morgan fingerprint density at radius 3 is 1.88 bits per heavy atom. The summed E-state index contributed by atoms with van der Waals surface area (Å²) in [4.78, 5) is 6.57. The first kappa shape index (κ1) is 17.7. The Labute approximate surface area is 155 Å². The summed E-state index contributed by atoms with van der Waals surface area (Å²) in [6.45, 7) is 2.84. The van der Waals surface area contributed by atoms with Crippen LogP contribution in [0.5, 0.6) is 0 Å². The first-order valence-electron chi connectivity index (χ1n) is 8.87. The summed E-state index contributed by atoms with van der Waals surface area (Å²) in [5.41, 5.74) is 13.5. The van der Waals surface area contributed by atoms with Gasteiger partial charge >= 0.3 is 0 Å². The molecule has 0 aliphatic heterocycles. The second-order valence-corrected chi connectivity index (χ2v) is 6.46. The van der Waals surface area contributed by atoms with Gasteiger partial charge in [0.05, 0.1) is 5.71 Å². The van der Waals surface area contributed by atoms with Crippen molar-refractivity contribution in [3.05, 3.63) is 89.5 Å². The smallest absolute Gasteiger partial charge is 0.0574 e. The predicted octanol–water partition coefficient (Wildman–Crippen LogP) is 4.72. The van der Waals surface area contributed by atoms with Crippen molar-refractivity contribution in [3.8, 4) is 0 Å². The Balaban J connectivity index is 2.10. The lowest BCUT2D eigenvalue weighted by molar-refractivity contribution is 1.13. The molecule has 2 aromatic carbocycles. The molecule has 0 radical (unpaired) electrons. The topological polar surface area (TPSA) is 41.6 Å². The molecule has 3 nitrogen and oxygen atoms in total. The molecule has 1 aliphatic carbocycles. The first-order chi connectivity index (χ1) is 12.6. The van der Waals surface area contributed by atoms with Crippen LogP contribution < -0.4 is 10.6 Å². The van der Waals surface area contributed by atoms with E-state index in [9.17, 15) is 0 Å². The molecule has 2 N–H and O–H groups in total. The van der Waals surface area contributed by atoms with E-state index in [1.165, 1.54) is 22.4 Å². The molecule has 0 aromatic heterocycles. The zero-order valence-corrected chi connectivity index (χ0v) is 15.6. The van der Waals surface area contributed by atoms with Crippen molar-refractivity contribution < 1.29 is 0 Å². The Morgan fingerprint density at radius 1 is 0.846 bits per heavy atom. The van der Waals surface area contributed by atoms with E-state index in [0.717, 1.165) is 23.5 Å². The minimum Gasteiger partial charge on any atom is -0.399 e. The van der Waals surface area contributed by atoms with Gasteiger partial charge in [-0.1, -0.05) is 36.4 Å². The molecule has 0 atom stereocenters. The van der Waals surface area contributed by atoms with Gasteiger partial charge < -0.3 is 10.6 Å². The van der Waals surface area contributed by atoms with Crippen LogP contribution in [-0.2, 0) is 0 Å². The van der Waals surface area contributed by atoms with Crippen molar-refractivity contribution in [1.82, 2.24) is 0 Å². The van der Waals surface area contributed by atoms with E-state index in [1.807, 2.05) is 19.1 Å². The molecule has 0 saturated carbocycles. The van der Waals surface area contributed by atoms with Gasteiger partial charge in [0, 0.05) is 32.0 Å². The monoisotopic (exact) mass is 343 g/mol. The predicted molar refractivity (Wildman–Crippen MR) is 114 cm³/mol. The van der Waals surface area contributed by atoms with E-state index in [-0.39, 0.29) is 0 Å². The number of nitrogen functional groups attached to an aromatic ring is 1. The summed E-state index contributed by atoms with van der Waals surface area (Å²) < 4.78 is 0. The Kier molecular flexibility index (Phi) is 5.37. The fourth-order valence-corrected chi connectivity index (χ4v) is 2.99.